The molecule has 2 rings (SSSR count). The van der Waals surface area contributed by atoms with Crippen LogP contribution in [0, 0.1) is 0 Å². The van der Waals surface area contributed by atoms with Crippen LogP contribution in [-0.2, 0) is 19.6 Å². The zero-order valence-electron chi connectivity index (χ0n) is 13.3. The van der Waals surface area contributed by atoms with Crippen molar-refractivity contribution < 1.29 is 22.7 Å². The topological polar surface area (TPSA) is 130 Å². The van der Waals surface area contributed by atoms with Crippen molar-refractivity contribution in [3.8, 4) is 0 Å². The third-order valence-electron chi connectivity index (χ3n) is 2.93. The van der Waals surface area contributed by atoms with Crippen molar-refractivity contribution in [1.82, 2.24) is 10.2 Å². The molecule has 3 N–H and O–H groups in total. The van der Waals surface area contributed by atoms with Crippen molar-refractivity contribution in [2.45, 2.75) is 18.7 Å². The molecule has 1 aromatic carbocycles. The number of hydrogen-bond donors (Lipinski definition) is 3. The Hall–Kier alpha value is -2.59. The summed E-state index contributed by atoms with van der Waals surface area (Å²) in [5.41, 5.74) is 0.230. The lowest BCUT2D eigenvalue weighted by molar-refractivity contribution is -0.114. The average molecular weight is 387 g/mol. The van der Waals surface area contributed by atoms with E-state index in [9.17, 15) is 18.0 Å². The monoisotopic (exact) mass is 386 g/mol. The van der Waals surface area contributed by atoms with E-state index in [-0.39, 0.29) is 39.5 Å². The smallest absolute Gasteiger partial charge is 0.343 e. The number of aromatic nitrogens is 2. The van der Waals surface area contributed by atoms with Crippen molar-refractivity contribution in [3.63, 3.8) is 0 Å². The molecule has 0 unspecified atom stereocenters. The molecule has 11 heteroatoms. The van der Waals surface area contributed by atoms with E-state index in [1.54, 1.807) is 6.92 Å². The van der Waals surface area contributed by atoms with Crippen LogP contribution in [0.3, 0.4) is 0 Å². The predicted octanol–water partition coefficient (Wildman–Crippen LogP) is 2.00. The SMILES string of the molecule is CCOC(=O)c1cn[nH]c1NS(=O)(=O)c1ccc(NC(C)=O)c(Cl)c1. The first-order valence-electron chi connectivity index (χ1n) is 7.05. The number of nitrogens with zero attached hydrogens (tertiary/aromatic N) is 1. The second-order valence-electron chi connectivity index (χ2n) is 4.81. The fourth-order valence-electron chi connectivity index (χ4n) is 1.87. The number of nitrogens with one attached hydrogen (secondary N) is 3. The Bertz CT molecular complexity index is 910. The van der Waals surface area contributed by atoms with Crippen molar-refractivity contribution >= 4 is 45.0 Å². The van der Waals surface area contributed by atoms with Gasteiger partial charge in [0.2, 0.25) is 5.91 Å². The Morgan fingerprint density at radius 3 is 2.68 bits per heavy atom. The Balaban J connectivity index is 2.29. The zero-order valence-corrected chi connectivity index (χ0v) is 14.9. The summed E-state index contributed by atoms with van der Waals surface area (Å²) in [5.74, 6) is -1.18. The third kappa shape index (κ3) is 4.48. The molecule has 1 aromatic heterocycles. The summed E-state index contributed by atoms with van der Waals surface area (Å²) in [5, 5.41) is 8.55. The van der Waals surface area contributed by atoms with Crippen LogP contribution >= 0.6 is 11.6 Å². The molecule has 0 radical (unpaired) electrons. The van der Waals surface area contributed by atoms with E-state index in [1.165, 1.54) is 25.1 Å². The normalized spacial score (nSPS) is 11.0. The van der Waals surface area contributed by atoms with Gasteiger partial charge in [-0.15, -0.1) is 0 Å². The number of hydrogen-bond acceptors (Lipinski definition) is 6. The summed E-state index contributed by atoms with van der Waals surface area (Å²) < 4.78 is 32.0. The molecule has 0 aliphatic rings. The van der Waals surface area contributed by atoms with Gasteiger partial charge in [0.05, 0.1) is 28.4 Å². The van der Waals surface area contributed by atoms with Gasteiger partial charge in [-0.25, -0.2) is 13.2 Å². The summed E-state index contributed by atoms with van der Waals surface area (Å²) in [7, 11) is -4.05. The molecule has 134 valence electrons. The molecule has 9 nitrogen and oxygen atoms in total. The van der Waals surface area contributed by atoms with E-state index in [0.717, 1.165) is 6.20 Å². The largest absolute Gasteiger partial charge is 0.462 e. The van der Waals surface area contributed by atoms with Crippen molar-refractivity contribution in [3.05, 3.63) is 35.0 Å². The lowest BCUT2D eigenvalue weighted by Gasteiger charge is -2.10. The maximum Gasteiger partial charge on any atom is 0.343 e. The molecule has 0 spiro atoms. The molecule has 25 heavy (non-hydrogen) atoms. The van der Waals surface area contributed by atoms with Gasteiger partial charge >= 0.3 is 5.97 Å². The molecule has 0 saturated carbocycles. The summed E-state index contributed by atoms with van der Waals surface area (Å²) >= 11 is 5.98. The van der Waals surface area contributed by atoms with Gasteiger partial charge in [0, 0.05) is 6.92 Å². The van der Waals surface area contributed by atoms with Crippen LogP contribution in [0.25, 0.3) is 0 Å². The number of sulfonamides is 1. The average Bonchev–Trinajstić information content (AvgIpc) is 2.96. The fraction of sp³-hybridized carbons (Fsp3) is 0.214. The second-order valence-corrected chi connectivity index (χ2v) is 6.90. The van der Waals surface area contributed by atoms with Crippen molar-refractivity contribution in [2.75, 3.05) is 16.6 Å². The minimum absolute atomic E-state index is 0.0494. The van der Waals surface area contributed by atoms with Gasteiger partial charge in [-0.05, 0) is 25.1 Å². The summed E-state index contributed by atoms with van der Waals surface area (Å²) in [6.07, 6.45) is 1.16. The summed E-state index contributed by atoms with van der Waals surface area (Å²) in [6.45, 7) is 3.06. The number of carbonyl (C=O) groups excluding carboxylic acids is 2. The van der Waals surface area contributed by atoms with Gasteiger partial charge in [0.1, 0.15) is 11.4 Å². The molecule has 0 aliphatic heterocycles. The number of rotatable bonds is 6. The fourth-order valence-corrected chi connectivity index (χ4v) is 3.23. The highest BCUT2D eigenvalue weighted by molar-refractivity contribution is 7.92. The number of H-pyrrole nitrogens is 1. The predicted molar refractivity (Wildman–Crippen MR) is 91.1 cm³/mol. The van der Waals surface area contributed by atoms with Gasteiger partial charge in [0.25, 0.3) is 10.0 Å². The van der Waals surface area contributed by atoms with E-state index in [2.05, 4.69) is 20.2 Å². The first kappa shape index (κ1) is 18.7. The maximum atomic E-state index is 12.5. The molecular weight excluding hydrogens is 372 g/mol. The number of esters is 1. The standard InChI is InChI=1S/C14H15ClN4O5S/c1-3-24-14(21)10-7-16-18-13(10)19-25(22,23)9-4-5-12(11(15)6-9)17-8(2)20/h4-7H,3H2,1-2H3,(H,17,20)(H2,16,18,19). The van der Waals surface area contributed by atoms with Crippen LogP contribution in [0.4, 0.5) is 11.5 Å². The molecule has 1 heterocycles. The molecule has 1 amide bonds. The highest BCUT2D eigenvalue weighted by Crippen LogP contribution is 2.26. The van der Waals surface area contributed by atoms with Crippen LogP contribution < -0.4 is 10.0 Å². The van der Waals surface area contributed by atoms with E-state index < -0.39 is 16.0 Å². The second kappa shape index (κ2) is 7.53. The number of halogens is 1. The lowest BCUT2D eigenvalue weighted by atomic mass is 10.3. The van der Waals surface area contributed by atoms with Gasteiger partial charge in [-0.3, -0.25) is 14.6 Å². The number of aromatic amines is 1. The number of amides is 1. The van der Waals surface area contributed by atoms with Gasteiger partial charge in [-0.2, -0.15) is 5.10 Å². The number of benzene rings is 1. The van der Waals surface area contributed by atoms with Crippen LogP contribution in [0.5, 0.6) is 0 Å². The quantitative estimate of drug-likeness (QED) is 0.651. The van der Waals surface area contributed by atoms with Crippen molar-refractivity contribution in [2.24, 2.45) is 0 Å². The first-order valence-corrected chi connectivity index (χ1v) is 8.91. The van der Waals surface area contributed by atoms with Gasteiger partial charge in [-0.1, -0.05) is 11.6 Å². The molecule has 0 fully saturated rings. The van der Waals surface area contributed by atoms with Crippen LogP contribution in [0.15, 0.2) is 29.3 Å². The molecule has 0 aliphatic carbocycles. The molecule has 0 bridgehead atoms. The summed E-state index contributed by atoms with van der Waals surface area (Å²) in [6, 6.07) is 3.80. The Morgan fingerprint density at radius 2 is 2.08 bits per heavy atom. The lowest BCUT2D eigenvalue weighted by Crippen LogP contribution is -2.16. The minimum Gasteiger partial charge on any atom is -0.462 e. The Labute approximate surface area is 148 Å². The molecule has 0 atom stereocenters. The Kier molecular flexibility index (Phi) is 5.65. The number of carbonyl (C=O) groups is 2. The summed E-state index contributed by atoms with van der Waals surface area (Å²) in [4.78, 5) is 22.7. The molecule has 0 saturated heterocycles. The number of ether oxygens (including phenoxy) is 1. The van der Waals surface area contributed by atoms with E-state index in [0.29, 0.717) is 0 Å². The highest BCUT2D eigenvalue weighted by atomic mass is 35.5. The third-order valence-corrected chi connectivity index (χ3v) is 4.59. The number of anilines is 2. The van der Waals surface area contributed by atoms with Crippen LogP contribution in [0.1, 0.15) is 24.2 Å². The molecular formula is C14H15ClN4O5S. The van der Waals surface area contributed by atoms with Crippen LogP contribution in [-0.4, -0.2) is 37.1 Å². The minimum atomic E-state index is -4.05. The van der Waals surface area contributed by atoms with Gasteiger partial charge in [0.15, 0.2) is 0 Å². The van der Waals surface area contributed by atoms with Crippen LogP contribution in [0.2, 0.25) is 5.02 Å². The molecule has 2 aromatic rings. The maximum absolute atomic E-state index is 12.5. The Morgan fingerprint density at radius 1 is 1.36 bits per heavy atom. The van der Waals surface area contributed by atoms with E-state index in [4.69, 9.17) is 16.3 Å². The highest BCUT2D eigenvalue weighted by Gasteiger charge is 2.22. The van der Waals surface area contributed by atoms with E-state index >= 15 is 0 Å². The zero-order chi connectivity index (χ0) is 18.6. The van der Waals surface area contributed by atoms with E-state index in [1.807, 2.05) is 0 Å². The first-order chi connectivity index (χ1) is 11.7. The van der Waals surface area contributed by atoms with Gasteiger partial charge < -0.3 is 10.1 Å². The van der Waals surface area contributed by atoms with Crippen molar-refractivity contribution in [1.29, 1.82) is 0 Å².